The molecule has 0 amide bonds. The molecule has 41 heavy (non-hydrogen) atoms. The first-order valence-corrected chi connectivity index (χ1v) is 16.1. The van der Waals surface area contributed by atoms with E-state index in [0.717, 1.165) is 11.1 Å². The second-order valence-electron chi connectivity index (χ2n) is 10.4. The molecule has 0 fully saturated rings. The van der Waals surface area contributed by atoms with Crippen molar-refractivity contribution in [2.45, 2.75) is 0 Å². The summed E-state index contributed by atoms with van der Waals surface area (Å²) in [5.41, 5.74) is 4.48. The van der Waals surface area contributed by atoms with Crippen LogP contribution < -0.4 is 25.4 Å². The fourth-order valence-corrected chi connectivity index (χ4v) is 10.6. The summed E-state index contributed by atoms with van der Waals surface area (Å²) in [6.07, 6.45) is 0. The fraction of sp³-hybridized carbons (Fsp3) is 0. The molecule has 0 aliphatic carbocycles. The molecule has 0 radical (unpaired) electrons. The maximum Gasteiger partial charge on any atom is 0.185 e. The van der Waals surface area contributed by atoms with Crippen molar-refractivity contribution in [1.29, 1.82) is 0 Å². The predicted octanol–water partition coefficient (Wildman–Crippen LogP) is 9.24. The first kappa shape index (κ1) is 23.1. The number of rotatable bonds is 2. The van der Waals surface area contributed by atoms with E-state index in [1.165, 1.54) is 31.3 Å². The minimum Gasteiger partial charge on any atom is -0.456 e. The van der Waals surface area contributed by atoms with Crippen molar-refractivity contribution in [2.24, 2.45) is 0 Å². The van der Waals surface area contributed by atoms with Gasteiger partial charge in [-0.15, -0.1) is 11.3 Å². The van der Waals surface area contributed by atoms with Crippen molar-refractivity contribution in [1.82, 2.24) is 0 Å². The molecule has 1 aromatic heterocycles. The van der Waals surface area contributed by atoms with E-state index in [-0.39, 0.29) is 0 Å². The van der Waals surface area contributed by atoms with Gasteiger partial charge in [0, 0.05) is 20.2 Å². The first-order valence-electron chi connectivity index (χ1n) is 13.5. The van der Waals surface area contributed by atoms with Crippen molar-refractivity contribution in [3.8, 4) is 45.3 Å². The van der Waals surface area contributed by atoms with Crippen LogP contribution in [0.4, 0.5) is 0 Å². The summed E-state index contributed by atoms with van der Waals surface area (Å²) in [6.45, 7) is 0. The molecule has 0 saturated heterocycles. The van der Waals surface area contributed by atoms with Crippen LogP contribution in [-0.2, 0) is 4.57 Å². The van der Waals surface area contributed by atoms with Crippen LogP contribution in [0.25, 0.3) is 42.4 Å². The molecule has 0 bridgehead atoms. The molecule has 5 heteroatoms. The molecular formula is C36H21O3PS. The molecule has 194 valence electrons. The Labute approximate surface area is 240 Å². The Bertz CT molecular complexity index is 2230. The lowest BCUT2D eigenvalue weighted by atomic mass is 9.99. The quantitative estimate of drug-likeness (QED) is 0.196. The zero-order valence-electron chi connectivity index (χ0n) is 21.7. The predicted molar refractivity (Wildman–Crippen MR) is 170 cm³/mol. The van der Waals surface area contributed by atoms with Gasteiger partial charge < -0.3 is 14.0 Å². The highest BCUT2D eigenvalue weighted by molar-refractivity contribution is 7.86. The summed E-state index contributed by atoms with van der Waals surface area (Å²) in [5.74, 6) is 2.46. The van der Waals surface area contributed by atoms with Gasteiger partial charge in [-0.2, -0.15) is 0 Å². The second-order valence-corrected chi connectivity index (χ2v) is 14.1. The van der Waals surface area contributed by atoms with Crippen molar-refractivity contribution < 1.29 is 14.0 Å². The van der Waals surface area contributed by atoms with Crippen molar-refractivity contribution in [2.75, 3.05) is 0 Å². The molecule has 1 atom stereocenters. The number of fused-ring (bicyclic) bond motifs is 7. The molecule has 7 aromatic rings. The molecule has 9 rings (SSSR count). The molecule has 2 aliphatic rings. The fourth-order valence-electron chi connectivity index (χ4n) is 6.23. The first-order chi connectivity index (χ1) is 20.2. The van der Waals surface area contributed by atoms with Gasteiger partial charge in [0.05, 0.1) is 10.6 Å². The molecule has 6 aromatic carbocycles. The molecule has 0 spiro atoms. The highest BCUT2D eigenvalue weighted by Gasteiger charge is 2.46. The third kappa shape index (κ3) is 3.23. The maximum atomic E-state index is 15.2. The molecular weight excluding hydrogens is 543 g/mol. The van der Waals surface area contributed by atoms with Crippen LogP contribution in [0.5, 0.6) is 23.0 Å². The minimum absolute atomic E-state index is 0.598. The third-order valence-corrected chi connectivity index (χ3v) is 12.5. The monoisotopic (exact) mass is 564 g/mol. The van der Waals surface area contributed by atoms with Crippen LogP contribution in [0.2, 0.25) is 0 Å². The lowest BCUT2D eigenvalue weighted by molar-refractivity contribution is 0.461. The van der Waals surface area contributed by atoms with Crippen LogP contribution >= 0.6 is 18.5 Å². The number of para-hydroxylation sites is 1. The summed E-state index contributed by atoms with van der Waals surface area (Å²) in [4.78, 5) is 0. The number of hydrogen-bond donors (Lipinski definition) is 0. The Morgan fingerprint density at radius 3 is 2.00 bits per heavy atom. The Balaban J connectivity index is 1.17. The topological polar surface area (TPSA) is 35.5 Å². The average Bonchev–Trinajstić information content (AvgIpc) is 3.40. The van der Waals surface area contributed by atoms with Crippen molar-refractivity contribution >= 4 is 54.6 Å². The smallest absolute Gasteiger partial charge is 0.185 e. The average molecular weight is 565 g/mol. The largest absolute Gasteiger partial charge is 0.456 e. The lowest BCUT2D eigenvalue weighted by Crippen LogP contribution is -2.35. The van der Waals surface area contributed by atoms with Gasteiger partial charge in [-0.3, -0.25) is 0 Å². The maximum absolute atomic E-state index is 15.2. The van der Waals surface area contributed by atoms with Gasteiger partial charge in [-0.1, -0.05) is 84.9 Å². The van der Waals surface area contributed by atoms with E-state index in [0.29, 0.717) is 38.9 Å². The molecule has 0 N–H and O–H groups in total. The van der Waals surface area contributed by atoms with Crippen molar-refractivity contribution in [3.05, 3.63) is 127 Å². The van der Waals surface area contributed by atoms with Gasteiger partial charge >= 0.3 is 0 Å². The van der Waals surface area contributed by atoms with Crippen LogP contribution in [0.3, 0.4) is 0 Å². The van der Waals surface area contributed by atoms with E-state index >= 15 is 4.57 Å². The number of thiophene rings is 1. The summed E-state index contributed by atoms with van der Waals surface area (Å²) >= 11 is 1.84. The summed E-state index contributed by atoms with van der Waals surface area (Å²) in [7, 11) is -3.21. The van der Waals surface area contributed by atoms with Crippen LogP contribution in [0.1, 0.15) is 0 Å². The standard InChI is InChI=1S/C36H21O3PS/c37-40-32-13-3-2-10-28(32)38-30-11-6-12-31(35(30)40)39-29-20-19-24(21-33(29)40)22-15-17-23(18-16-22)25-8-5-9-27-26-7-1-4-14-34(26)41-36(25)27/h1-21H. The SMILES string of the molecule is O=P12c3ccccc3Oc3cccc(c31)Oc1ccc(-c3ccc(-c4cccc5c4sc4ccccc45)cc3)cc12. The Morgan fingerprint density at radius 2 is 1.15 bits per heavy atom. The molecule has 3 nitrogen and oxygen atoms in total. The summed E-state index contributed by atoms with van der Waals surface area (Å²) in [6, 6.07) is 43.1. The van der Waals surface area contributed by atoms with E-state index in [2.05, 4.69) is 66.7 Å². The van der Waals surface area contributed by atoms with E-state index in [4.69, 9.17) is 9.47 Å². The van der Waals surface area contributed by atoms with Gasteiger partial charge in [-0.05, 0) is 64.7 Å². The van der Waals surface area contributed by atoms with Gasteiger partial charge in [-0.25, -0.2) is 0 Å². The minimum atomic E-state index is -3.21. The highest BCUT2D eigenvalue weighted by Crippen LogP contribution is 2.58. The highest BCUT2D eigenvalue weighted by atomic mass is 32.1. The normalized spacial score (nSPS) is 16.4. The van der Waals surface area contributed by atoms with E-state index in [1.807, 2.05) is 72.0 Å². The molecule has 0 saturated carbocycles. The Hall–Kier alpha value is -4.63. The molecule has 3 heterocycles. The van der Waals surface area contributed by atoms with Crippen molar-refractivity contribution in [3.63, 3.8) is 0 Å². The van der Waals surface area contributed by atoms with Gasteiger partial charge in [0.15, 0.2) is 7.14 Å². The zero-order valence-corrected chi connectivity index (χ0v) is 23.4. The molecule has 2 aliphatic heterocycles. The number of hydrogen-bond acceptors (Lipinski definition) is 4. The van der Waals surface area contributed by atoms with E-state index in [1.54, 1.807) is 0 Å². The molecule has 1 unspecified atom stereocenters. The summed E-state index contributed by atoms with van der Waals surface area (Å²) < 4.78 is 30.3. The van der Waals surface area contributed by atoms with Gasteiger partial charge in [0.2, 0.25) is 0 Å². The van der Waals surface area contributed by atoms with Gasteiger partial charge in [0.25, 0.3) is 0 Å². The summed E-state index contributed by atoms with van der Waals surface area (Å²) in [5, 5.41) is 4.67. The second kappa shape index (κ2) is 8.44. The Kier molecular flexibility index (Phi) is 4.76. The zero-order chi connectivity index (χ0) is 27.1. The van der Waals surface area contributed by atoms with Crippen LogP contribution in [0.15, 0.2) is 127 Å². The van der Waals surface area contributed by atoms with Crippen LogP contribution in [-0.4, -0.2) is 0 Å². The lowest BCUT2D eigenvalue weighted by Gasteiger charge is -2.34. The van der Waals surface area contributed by atoms with Crippen LogP contribution in [0, 0.1) is 0 Å². The number of ether oxygens (including phenoxy) is 2. The van der Waals surface area contributed by atoms with E-state index < -0.39 is 7.14 Å². The van der Waals surface area contributed by atoms with E-state index in [9.17, 15) is 0 Å². The Morgan fingerprint density at radius 1 is 0.512 bits per heavy atom. The van der Waals surface area contributed by atoms with Gasteiger partial charge in [0.1, 0.15) is 28.3 Å². The third-order valence-electron chi connectivity index (χ3n) is 8.15. The number of benzene rings is 6.